The van der Waals surface area contributed by atoms with Crippen LogP contribution in [0.25, 0.3) is 0 Å². The Morgan fingerprint density at radius 1 is 1.47 bits per heavy atom. The zero-order valence-corrected chi connectivity index (χ0v) is 11.2. The Hall–Kier alpha value is -0.460. The second kappa shape index (κ2) is 8.60. The van der Waals surface area contributed by atoms with Crippen LogP contribution in [0.15, 0.2) is 0 Å². The van der Waals surface area contributed by atoms with Gasteiger partial charge in [-0.25, -0.2) is 9.36 Å². The van der Waals surface area contributed by atoms with Crippen LogP contribution in [0.3, 0.4) is 0 Å². The van der Waals surface area contributed by atoms with E-state index in [1.165, 1.54) is 14.0 Å². The third kappa shape index (κ3) is 8.29. The van der Waals surface area contributed by atoms with Crippen LogP contribution in [0.1, 0.15) is 33.1 Å². The van der Waals surface area contributed by atoms with Gasteiger partial charge in [-0.15, -0.1) is 0 Å². The molecule has 0 aliphatic carbocycles. The molecule has 0 rings (SSSR count). The van der Waals surface area contributed by atoms with Crippen LogP contribution in [0, 0.1) is 0 Å². The Labute approximate surface area is 101 Å². The minimum atomic E-state index is -4.31. The van der Waals surface area contributed by atoms with Crippen molar-refractivity contribution in [2.24, 2.45) is 0 Å². The molecule has 102 valence electrons. The second-order valence-electron chi connectivity index (χ2n) is 3.46. The number of carbonyl (C=O) groups is 1. The SMILES string of the molecule is CCCCCOP(=O)(O)OC(=O)[C@H](C)NOC. The standard InChI is InChI=1S/C9H20NO6P/c1-4-5-6-7-15-17(12,13)16-9(11)8(2)10-14-3/h8,10H,4-7H2,1-3H3,(H,12,13)/t8-/m0/s1. The molecule has 2 atom stereocenters. The first kappa shape index (κ1) is 16.5. The summed E-state index contributed by atoms with van der Waals surface area (Å²) in [6.45, 7) is 3.51. The van der Waals surface area contributed by atoms with Gasteiger partial charge in [0.2, 0.25) is 0 Å². The lowest BCUT2D eigenvalue weighted by molar-refractivity contribution is -0.141. The lowest BCUT2D eigenvalue weighted by atomic mass is 10.3. The molecule has 0 aromatic carbocycles. The van der Waals surface area contributed by atoms with E-state index in [9.17, 15) is 14.3 Å². The van der Waals surface area contributed by atoms with E-state index in [1.807, 2.05) is 6.92 Å². The number of nitrogens with one attached hydrogen (secondary N) is 1. The molecule has 2 N–H and O–H groups in total. The quantitative estimate of drug-likeness (QED) is 0.371. The van der Waals surface area contributed by atoms with Gasteiger partial charge in [0.15, 0.2) is 0 Å². The molecule has 0 bridgehead atoms. The van der Waals surface area contributed by atoms with Crippen LogP contribution in [-0.4, -0.2) is 30.6 Å². The smallest absolute Gasteiger partial charge is 0.369 e. The molecule has 0 spiro atoms. The van der Waals surface area contributed by atoms with Gasteiger partial charge in [-0.05, 0) is 13.3 Å². The van der Waals surface area contributed by atoms with E-state index in [-0.39, 0.29) is 6.61 Å². The van der Waals surface area contributed by atoms with Crippen molar-refractivity contribution in [1.29, 1.82) is 0 Å². The molecule has 0 fully saturated rings. The molecule has 0 aliphatic heterocycles. The first-order chi connectivity index (χ1) is 7.93. The fourth-order valence-electron chi connectivity index (χ4n) is 0.976. The van der Waals surface area contributed by atoms with Crippen LogP contribution < -0.4 is 5.48 Å². The number of hydrogen-bond donors (Lipinski definition) is 2. The molecular weight excluding hydrogens is 249 g/mol. The Bertz CT molecular complexity index is 272. The van der Waals surface area contributed by atoms with Gasteiger partial charge in [0.25, 0.3) is 0 Å². The number of phosphoric ester groups is 1. The van der Waals surface area contributed by atoms with E-state index in [4.69, 9.17) is 0 Å². The molecule has 0 radical (unpaired) electrons. The summed E-state index contributed by atoms with van der Waals surface area (Å²) in [5, 5.41) is 0. The largest absolute Gasteiger partial charge is 0.529 e. The van der Waals surface area contributed by atoms with E-state index >= 15 is 0 Å². The maximum absolute atomic E-state index is 11.3. The maximum atomic E-state index is 11.3. The molecule has 8 heteroatoms. The van der Waals surface area contributed by atoms with Gasteiger partial charge in [0, 0.05) is 0 Å². The number of unbranched alkanes of at least 4 members (excludes halogenated alkanes) is 2. The van der Waals surface area contributed by atoms with Crippen LogP contribution in [0.5, 0.6) is 0 Å². The molecule has 0 aromatic heterocycles. The molecule has 0 heterocycles. The van der Waals surface area contributed by atoms with Crippen molar-refractivity contribution in [3.63, 3.8) is 0 Å². The average Bonchev–Trinajstić information content (AvgIpc) is 2.24. The van der Waals surface area contributed by atoms with Crippen LogP contribution in [0.2, 0.25) is 0 Å². The van der Waals surface area contributed by atoms with Gasteiger partial charge in [-0.1, -0.05) is 19.8 Å². The second-order valence-corrected chi connectivity index (χ2v) is 4.84. The summed E-state index contributed by atoms with van der Waals surface area (Å²) in [4.78, 5) is 25.0. The van der Waals surface area contributed by atoms with Gasteiger partial charge >= 0.3 is 13.8 Å². The van der Waals surface area contributed by atoms with Gasteiger partial charge in [-0.3, -0.25) is 9.42 Å². The topological polar surface area (TPSA) is 94.1 Å². The van der Waals surface area contributed by atoms with Crippen molar-refractivity contribution in [3.8, 4) is 0 Å². The predicted molar refractivity (Wildman–Crippen MR) is 61.0 cm³/mol. The molecular formula is C9H20NO6P. The number of rotatable bonds is 9. The molecule has 1 unspecified atom stereocenters. The zero-order valence-electron chi connectivity index (χ0n) is 10.3. The predicted octanol–water partition coefficient (Wildman–Crippen LogP) is 1.38. The van der Waals surface area contributed by atoms with E-state index in [2.05, 4.69) is 19.4 Å². The summed E-state index contributed by atoms with van der Waals surface area (Å²) in [6.07, 6.45) is 2.49. The first-order valence-corrected chi connectivity index (χ1v) is 6.91. The summed E-state index contributed by atoms with van der Waals surface area (Å²) in [5.74, 6) is -0.909. The Kier molecular flexibility index (Phi) is 8.37. The number of phosphoric acid groups is 1. The highest BCUT2D eigenvalue weighted by Gasteiger charge is 2.28. The van der Waals surface area contributed by atoms with E-state index in [0.29, 0.717) is 6.42 Å². The van der Waals surface area contributed by atoms with Crippen molar-refractivity contribution < 1.29 is 28.1 Å². The Balaban J connectivity index is 3.98. The lowest BCUT2D eigenvalue weighted by Crippen LogP contribution is -2.34. The molecule has 7 nitrogen and oxygen atoms in total. The van der Waals surface area contributed by atoms with Gasteiger partial charge in [0.05, 0.1) is 13.7 Å². The van der Waals surface area contributed by atoms with Crippen LogP contribution in [0.4, 0.5) is 0 Å². The summed E-state index contributed by atoms with van der Waals surface area (Å²) < 4.78 is 20.3. The van der Waals surface area contributed by atoms with E-state index < -0.39 is 19.8 Å². The monoisotopic (exact) mass is 269 g/mol. The highest BCUT2D eigenvalue weighted by atomic mass is 31.2. The summed E-state index contributed by atoms with van der Waals surface area (Å²) in [6, 6.07) is -0.847. The Morgan fingerprint density at radius 2 is 2.12 bits per heavy atom. The fourth-order valence-corrected chi connectivity index (χ4v) is 1.77. The normalized spacial score (nSPS) is 16.2. The van der Waals surface area contributed by atoms with E-state index in [0.717, 1.165) is 12.8 Å². The summed E-state index contributed by atoms with van der Waals surface area (Å²) in [7, 11) is -2.99. The van der Waals surface area contributed by atoms with Crippen LogP contribution >= 0.6 is 7.82 Å². The molecule has 0 aromatic rings. The maximum Gasteiger partial charge on any atom is 0.529 e. The molecule has 0 aliphatic rings. The highest BCUT2D eigenvalue weighted by molar-refractivity contribution is 7.48. The van der Waals surface area contributed by atoms with Gasteiger partial charge < -0.3 is 9.36 Å². The summed E-state index contributed by atoms with van der Waals surface area (Å²) in [5.41, 5.74) is 2.28. The average molecular weight is 269 g/mol. The molecule has 17 heavy (non-hydrogen) atoms. The molecule has 0 saturated carbocycles. The Morgan fingerprint density at radius 3 is 2.65 bits per heavy atom. The highest BCUT2D eigenvalue weighted by Crippen LogP contribution is 2.43. The minimum Gasteiger partial charge on any atom is -0.369 e. The number of carbonyl (C=O) groups excluding carboxylic acids is 1. The van der Waals surface area contributed by atoms with Gasteiger partial charge in [0.1, 0.15) is 6.04 Å². The third-order valence-corrected chi connectivity index (χ3v) is 2.78. The van der Waals surface area contributed by atoms with Crippen molar-refractivity contribution >= 4 is 13.8 Å². The minimum absolute atomic E-state index is 0.0843. The van der Waals surface area contributed by atoms with Gasteiger partial charge in [-0.2, -0.15) is 5.48 Å². The van der Waals surface area contributed by atoms with Crippen molar-refractivity contribution in [1.82, 2.24) is 5.48 Å². The molecule has 0 amide bonds. The van der Waals surface area contributed by atoms with Crippen LogP contribution in [-0.2, 0) is 23.2 Å². The molecule has 0 saturated heterocycles. The third-order valence-electron chi connectivity index (χ3n) is 1.86. The lowest BCUT2D eigenvalue weighted by Gasteiger charge is -2.15. The number of hydrogen-bond acceptors (Lipinski definition) is 6. The zero-order chi connectivity index (χ0) is 13.3. The fraction of sp³-hybridized carbons (Fsp3) is 0.889. The number of hydroxylamine groups is 1. The van der Waals surface area contributed by atoms with Crippen molar-refractivity contribution in [2.75, 3.05) is 13.7 Å². The summed E-state index contributed by atoms with van der Waals surface area (Å²) >= 11 is 0. The van der Waals surface area contributed by atoms with Crippen molar-refractivity contribution in [2.45, 2.75) is 39.2 Å². The first-order valence-electron chi connectivity index (χ1n) is 5.42. The van der Waals surface area contributed by atoms with E-state index in [1.54, 1.807) is 0 Å². The van der Waals surface area contributed by atoms with Crippen molar-refractivity contribution in [3.05, 3.63) is 0 Å².